The molecule has 1 aliphatic rings. The smallest absolute Gasteiger partial charge is 0.266 e. The zero-order chi connectivity index (χ0) is 18.7. The van der Waals surface area contributed by atoms with Crippen molar-refractivity contribution >= 4 is 17.8 Å². The predicted molar refractivity (Wildman–Crippen MR) is 91.7 cm³/mol. The first-order valence-corrected chi connectivity index (χ1v) is 8.38. The maximum absolute atomic E-state index is 12.9. The highest BCUT2D eigenvalue weighted by Crippen LogP contribution is 2.26. The Morgan fingerprint density at radius 3 is 2.81 bits per heavy atom. The van der Waals surface area contributed by atoms with Gasteiger partial charge in [-0.25, -0.2) is 9.37 Å². The van der Waals surface area contributed by atoms with E-state index in [9.17, 15) is 19.1 Å². The van der Waals surface area contributed by atoms with E-state index in [1.54, 1.807) is 19.1 Å². The predicted octanol–water partition coefficient (Wildman–Crippen LogP) is 2.24. The number of hydrogen-bond donors (Lipinski definition) is 1. The fourth-order valence-electron chi connectivity index (χ4n) is 3.00. The third-order valence-electron chi connectivity index (χ3n) is 4.70. The number of aliphatic imine (C=N–C) groups is 1. The molecule has 0 saturated heterocycles. The lowest BCUT2D eigenvalue weighted by atomic mass is 9.85. The fraction of sp³-hybridized carbons (Fsp3) is 0.368. The Morgan fingerprint density at radius 2 is 2.15 bits per heavy atom. The Balaban J connectivity index is 1.63. The summed E-state index contributed by atoms with van der Waals surface area (Å²) in [5.41, 5.74) is 1.28. The summed E-state index contributed by atoms with van der Waals surface area (Å²) in [6, 6.07) is 5.95. The number of aliphatic hydroxyl groups excluding tert-OH is 1. The number of halogens is 1. The molecule has 7 heteroatoms. The van der Waals surface area contributed by atoms with Crippen molar-refractivity contribution in [3.05, 3.63) is 53.5 Å². The van der Waals surface area contributed by atoms with Crippen LogP contribution in [0.1, 0.15) is 35.4 Å². The van der Waals surface area contributed by atoms with Gasteiger partial charge >= 0.3 is 0 Å². The monoisotopic (exact) mass is 358 g/mol. The molecule has 136 valence electrons. The molecule has 0 radical (unpaired) electrons. The number of oxazole rings is 1. The Bertz CT molecular complexity index is 828. The minimum atomic E-state index is -1.28. The first-order chi connectivity index (χ1) is 12.5. The molecule has 3 atom stereocenters. The third kappa shape index (κ3) is 3.94. The van der Waals surface area contributed by atoms with Crippen molar-refractivity contribution in [1.29, 1.82) is 0 Å². The average Bonchev–Trinajstić information content (AvgIpc) is 3.31. The van der Waals surface area contributed by atoms with Gasteiger partial charge < -0.3 is 9.52 Å². The number of hydrogen-bond acceptors (Lipinski definition) is 6. The second kappa shape index (κ2) is 7.70. The molecule has 26 heavy (non-hydrogen) atoms. The van der Waals surface area contributed by atoms with E-state index in [1.807, 2.05) is 0 Å². The van der Waals surface area contributed by atoms with Crippen LogP contribution in [0.25, 0.3) is 0 Å². The zero-order valence-corrected chi connectivity index (χ0v) is 14.3. The van der Waals surface area contributed by atoms with Crippen LogP contribution in [-0.2, 0) is 11.2 Å². The summed E-state index contributed by atoms with van der Waals surface area (Å²) in [6.45, 7) is 2.17. The Kier molecular flexibility index (Phi) is 5.37. The molecule has 0 amide bonds. The molecule has 0 spiro atoms. The van der Waals surface area contributed by atoms with Gasteiger partial charge in [-0.3, -0.25) is 14.6 Å². The van der Waals surface area contributed by atoms with Gasteiger partial charge in [-0.05, 0) is 36.0 Å². The van der Waals surface area contributed by atoms with Crippen molar-refractivity contribution in [2.45, 2.75) is 25.9 Å². The molecule has 1 aromatic carbocycles. The van der Waals surface area contributed by atoms with E-state index in [2.05, 4.69) is 9.98 Å². The molecule has 0 bridgehead atoms. The van der Waals surface area contributed by atoms with Crippen LogP contribution in [0.4, 0.5) is 4.39 Å². The summed E-state index contributed by atoms with van der Waals surface area (Å²) in [5, 5.41) is 10.4. The van der Waals surface area contributed by atoms with Gasteiger partial charge in [0.1, 0.15) is 17.7 Å². The maximum atomic E-state index is 12.9. The Labute approximate surface area is 149 Å². The van der Waals surface area contributed by atoms with Gasteiger partial charge in [0.15, 0.2) is 6.29 Å². The molecule has 0 saturated carbocycles. The fourth-order valence-corrected chi connectivity index (χ4v) is 3.00. The van der Waals surface area contributed by atoms with E-state index < -0.39 is 11.9 Å². The molecule has 3 unspecified atom stereocenters. The molecule has 0 fully saturated rings. The highest BCUT2D eigenvalue weighted by Gasteiger charge is 2.34. The molecule has 2 heterocycles. The van der Waals surface area contributed by atoms with Crippen molar-refractivity contribution in [1.82, 2.24) is 4.98 Å². The molecular weight excluding hydrogens is 339 g/mol. The van der Waals surface area contributed by atoms with Crippen molar-refractivity contribution in [3.63, 3.8) is 0 Å². The second-order valence-corrected chi connectivity index (χ2v) is 6.52. The van der Waals surface area contributed by atoms with Crippen LogP contribution in [0.3, 0.4) is 0 Å². The molecular formula is C19H19FN2O4. The highest BCUT2D eigenvalue weighted by molar-refractivity contribution is 6.28. The second-order valence-electron chi connectivity index (χ2n) is 6.52. The van der Waals surface area contributed by atoms with Gasteiger partial charge in [-0.1, -0.05) is 19.1 Å². The standard InChI is InChI=1S/C19H19FN2O4/c1-11(13-7-15(10-23)21-8-13)17(24)18(25)19-22-9-16(26-19)6-12-2-4-14(20)5-3-12/h2-5,9-11,13,17,24H,6-8H2,1H3. The summed E-state index contributed by atoms with van der Waals surface area (Å²) in [4.78, 5) is 31.3. The molecule has 1 aliphatic heterocycles. The number of aldehydes is 1. The number of carbonyl (C=O) groups excluding carboxylic acids is 2. The summed E-state index contributed by atoms with van der Waals surface area (Å²) in [6.07, 6.45) is 1.67. The molecule has 0 aliphatic carbocycles. The van der Waals surface area contributed by atoms with Crippen LogP contribution < -0.4 is 0 Å². The molecule has 6 nitrogen and oxygen atoms in total. The van der Waals surface area contributed by atoms with Crippen molar-refractivity contribution in [3.8, 4) is 0 Å². The number of carbonyl (C=O) groups is 2. The third-order valence-corrected chi connectivity index (χ3v) is 4.70. The van der Waals surface area contributed by atoms with Gasteiger partial charge in [-0.2, -0.15) is 0 Å². The number of rotatable bonds is 7. The molecule has 2 aromatic rings. The average molecular weight is 358 g/mol. The lowest BCUT2D eigenvalue weighted by molar-refractivity contribution is -0.102. The largest absolute Gasteiger partial charge is 0.438 e. The summed E-state index contributed by atoms with van der Waals surface area (Å²) < 4.78 is 18.4. The zero-order valence-electron chi connectivity index (χ0n) is 14.3. The lowest BCUT2D eigenvalue weighted by Gasteiger charge is -2.21. The Hall–Kier alpha value is -2.67. The number of nitrogens with zero attached hydrogens (tertiary/aromatic N) is 2. The van der Waals surface area contributed by atoms with Crippen LogP contribution in [0.2, 0.25) is 0 Å². The number of ketones is 1. The number of aliphatic hydroxyl groups is 1. The molecule has 3 rings (SSSR count). The van der Waals surface area contributed by atoms with Gasteiger partial charge in [0.25, 0.3) is 5.89 Å². The van der Waals surface area contributed by atoms with Gasteiger partial charge in [0, 0.05) is 13.0 Å². The minimum Gasteiger partial charge on any atom is -0.438 e. The van der Waals surface area contributed by atoms with E-state index in [0.717, 1.165) is 5.56 Å². The van der Waals surface area contributed by atoms with Crippen LogP contribution >= 0.6 is 0 Å². The van der Waals surface area contributed by atoms with Crippen LogP contribution in [0.15, 0.2) is 39.9 Å². The summed E-state index contributed by atoms with van der Waals surface area (Å²) in [5.74, 6) is -1.07. The number of benzene rings is 1. The quantitative estimate of drug-likeness (QED) is 0.605. The number of aromatic nitrogens is 1. The summed E-state index contributed by atoms with van der Waals surface area (Å²) >= 11 is 0. The number of Topliss-reactive ketones (excluding diaryl/α,β-unsaturated/α-hetero) is 1. The Morgan fingerprint density at radius 1 is 1.42 bits per heavy atom. The van der Waals surface area contributed by atoms with Gasteiger partial charge in [0.2, 0.25) is 5.78 Å². The lowest BCUT2D eigenvalue weighted by Crippen LogP contribution is -2.33. The van der Waals surface area contributed by atoms with Crippen LogP contribution in [-0.4, -0.2) is 40.5 Å². The van der Waals surface area contributed by atoms with Gasteiger partial charge in [-0.15, -0.1) is 0 Å². The van der Waals surface area contributed by atoms with Crippen LogP contribution in [0, 0.1) is 17.7 Å². The van der Waals surface area contributed by atoms with E-state index in [0.29, 0.717) is 37.1 Å². The molecule has 1 aromatic heterocycles. The minimum absolute atomic E-state index is 0.0669. The van der Waals surface area contributed by atoms with E-state index in [1.165, 1.54) is 18.3 Å². The highest BCUT2D eigenvalue weighted by atomic mass is 19.1. The SMILES string of the molecule is CC(C1CN=C(C=O)C1)C(O)C(=O)c1ncc(Cc2ccc(F)cc2)o1. The molecule has 1 N–H and O–H groups in total. The van der Waals surface area contributed by atoms with Crippen LogP contribution in [0.5, 0.6) is 0 Å². The topological polar surface area (TPSA) is 92.8 Å². The van der Waals surface area contributed by atoms with Crippen molar-refractivity contribution in [2.75, 3.05) is 6.54 Å². The van der Waals surface area contributed by atoms with E-state index in [-0.39, 0.29) is 23.5 Å². The van der Waals surface area contributed by atoms with E-state index in [4.69, 9.17) is 4.42 Å². The first-order valence-electron chi connectivity index (χ1n) is 8.38. The van der Waals surface area contributed by atoms with Gasteiger partial charge in [0.05, 0.1) is 11.9 Å². The normalized spacial score (nSPS) is 19.0. The van der Waals surface area contributed by atoms with E-state index >= 15 is 0 Å². The first kappa shape index (κ1) is 18.1. The van der Waals surface area contributed by atoms with Crippen molar-refractivity contribution in [2.24, 2.45) is 16.8 Å². The summed E-state index contributed by atoms with van der Waals surface area (Å²) in [7, 11) is 0. The van der Waals surface area contributed by atoms with Crippen molar-refractivity contribution < 1.29 is 23.5 Å². The maximum Gasteiger partial charge on any atom is 0.266 e.